The number of carbonyl (C=O) groups is 2. The lowest BCUT2D eigenvalue weighted by Crippen LogP contribution is -2.15. The van der Waals surface area contributed by atoms with Gasteiger partial charge in [-0.25, -0.2) is 4.79 Å². The molecule has 0 spiro atoms. The number of ketones is 1. The van der Waals surface area contributed by atoms with Crippen LogP contribution in [-0.4, -0.2) is 26.8 Å². The second kappa shape index (κ2) is 4.27. The smallest absolute Gasteiger partial charge is 0.372 e. The minimum absolute atomic E-state index is 0.188. The zero-order valence-corrected chi connectivity index (χ0v) is 7.41. The van der Waals surface area contributed by atoms with E-state index in [-0.39, 0.29) is 17.8 Å². The molecule has 1 N–H and O–H groups in total. The maximum Gasteiger partial charge on any atom is 0.372 e. The number of pyridine rings is 1. The van der Waals surface area contributed by atoms with Crippen molar-refractivity contribution in [3.63, 3.8) is 0 Å². The van der Waals surface area contributed by atoms with Crippen LogP contribution in [0.1, 0.15) is 5.69 Å². The highest BCUT2D eigenvalue weighted by molar-refractivity contribution is 6.33. The Morgan fingerprint density at radius 1 is 1.47 bits per heavy atom. The maximum absolute atomic E-state index is 10.8. The zero-order chi connectivity index (χ0) is 11.4. The molecule has 0 saturated carbocycles. The molecule has 0 aromatic carbocycles. The van der Waals surface area contributed by atoms with Crippen LogP contribution in [0.3, 0.4) is 0 Å². The van der Waals surface area contributed by atoms with Crippen LogP contribution in [0.2, 0.25) is 0 Å². The molecule has 0 atom stereocenters. The quantitative estimate of drug-likeness (QED) is 0.431. The first kappa shape index (κ1) is 10.8. The zero-order valence-electron chi connectivity index (χ0n) is 7.41. The summed E-state index contributed by atoms with van der Waals surface area (Å²) < 4.78 is 0. The molecule has 7 nitrogen and oxygen atoms in total. The Kier molecular flexibility index (Phi) is 3.06. The van der Waals surface area contributed by atoms with Crippen molar-refractivity contribution in [2.45, 2.75) is 6.42 Å². The first-order valence-corrected chi connectivity index (χ1v) is 3.86. The summed E-state index contributed by atoms with van der Waals surface area (Å²) >= 11 is 0. The van der Waals surface area contributed by atoms with E-state index in [2.05, 4.69) is 4.98 Å². The molecule has 15 heavy (non-hydrogen) atoms. The third-order valence-electron chi connectivity index (χ3n) is 1.60. The lowest BCUT2D eigenvalue weighted by Gasteiger charge is -1.96. The van der Waals surface area contributed by atoms with Crippen molar-refractivity contribution >= 4 is 17.4 Å². The second-order valence-corrected chi connectivity index (χ2v) is 2.67. The number of Topliss-reactive ketones (excluding diaryl/α,β-unsaturated/α-hetero) is 1. The van der Waals surface area contributed by atoms with Gasteiger partial charge >= 0.3 is 5.97 Å². The van der Waals surface area contributed by atoms with Gasteiger partial charge in [0.25, 0.3) is 5.69 Å². The van der Waals surface area contributed by atoms with Crippen LogP contribution >= 0.6 is 0 Å². The number of hydrogen-bond acceptors (Lipinski definition) is 5. The summed E-state index contributed by atoms with van der Waals surface area (Å²) in [5, 5.41) is 18.5. The Balaban J connectivity index is 2.77. The first-order chi connectivity index (χ1) is 7.00. The fourth-order valence-corrected chi connectivity index (χ4v) is 0.869. The van der Waals surface area contributed by atoms with E-state index in [1.807, 2.05) is 0 Å². The molecule has 0 saturated heterocycles. The number of carboxylic acids is 1. The van der Waals surface area contributed by atoms with Crippen LogP contribution in [0.4, 0.5) is 5.69 Å². The molecule has 1 rings (SSSR count). The molecule has 0 aliphatic carbocycles. The Morgan fingerprint density at radius 2 is 2.13 bits per heavy atom. The average Bonchev–Trinajstić information content (AvgIpc) is 2.18. The molecule has 0 radical (unpaired) electrons. The summed E-state index contributed by atoms with van der Waals surface area (Å²) in [7, 11) is 0. The van der Waals surface area contributed by atoms with Crippen LogP contribution in [0, 0.1) is 10.1 Å². The summed E-state index contributed by atoms with van der Waals surface area (Å²) in [6, 6.07) is 2.41. The van der Waals surface area contributed by atoms with Gasteiger partial charge < -0.3 is 5.11 Å². The van der Waals surface area contributed by atoms with Crippen LogP contribution in [0.5, 0.6) is 0 Å². The highest BCUT2D eigenvalue weighted by atomic mass is 16.6. The lowest BCUT2D eigenvalue weighted by atomic mass is 10.2. The molecule has 0 aliphatic heterocycles. The molecule has 0 unspecified atom stereocenters. The number of carbonyl (C=O) groups excluding carboxylic acids is 1. The molecule has 1 aromatic heterocycles. The number of rotatable bonds is 4. The van der Waals surface area contributed by atoms with Gasteiger partial charge in [-0.3, -0.25) is 19.9 Å². The number of hydrogen-bond donors (Lipinski definition) is 1. The standard InChI is InChI=1S/C8H6N2O5/c11-7(8(12)13)3-5-1-2-6(4-9-5)10(14)15/h1-2,4H,3H2,(H,12,13). The Labute approximate surface area is 83.5 Å². The van der Waals surface area contributed by atoms with Gasteiger partial charge in [-0.05, 0) is 6.07 Å². The van der Waals surface area contributed by atoms with Gasteiger partial charge in [-0.15, -0.1) is 0 Å². The largest absolute Gasteiger partial charge is 0.475 e. The molecule has 1 heterocycles. The summed E-state index contributed by atoms with van der Waals surface area (Å²) in [6.45, 7) is 0. The van der Waals surface area contributed by atoms with E-state index in [4.69, 9.17) is 5.11 Å². The van der Waals surface area contributed by atoms with Crippen molar-refractivity contribution in [1.82, 2.24) is 4.98 Å². The first-order valence-electron chi connectivity index (χ1n) is 3.86. The molecule has 78 valence electrons. The summed E-state index contributed by atoms with van der Waals surface area (Å²) in [4.78, 5) is 34.2. The SMILES string of the molecule is O=C(O)C(=O)Cc1ccc([N+](=O)[O-])cn1. The van der Waals surface area contributed by atoms with Crippen molar-refractivity contribution in [2.75, 3.05) is 0 Å². The van der Waals surface area contributed by atoms with E-state index in [0.717, 1.165) is 12.3 Å². The van der Waals surface area contributed by atoms with E-state index < -0.39 is 16.7 Å². The van der Waals surface area contributed by atoms with Gasteiger partial charge in [-0.2, -0.15) is 0 Å². The second-order valence-electron chi connectivity index (χ2n) is 2.67. The van der Waals surface area contributed by atoms with Crippen molar-refractivity contribution in [1.29, 1.82) is 0 Å². The van der Waals surface area contributed by atoms with Crippen LogP contribution in [-0.2, 0) is 16.0 Å². The topological polar surface area (TPSA) is 110 Å². The van der Waals surface area contributed by atoms with Crippen molar-refractivity contribution in [3.05, 3.63) is 34.1 Å². The summed E-state index contributed by atoms with van der Waals surface area (Å²) in [6.07, 6.45) is 0.609. The lowest BCUT2D eigenvalue weighted by molar-refractivity contribution is -0.385. The number of carboxylic acid groups (broad SMARTS) is 1. The number of nitrogens with zero attached hydrogens (tertiary/aromatic N) is 2. The molecule has 0 aliphatic rings. The van der Waals surface area contributed by atoms with Gasteiger partial charge in [-0.1, -0.05) is 0 Å². The predicted molar refractivity (Wildman–Crippen MR) is 47.2 cm³/mol. The molecular weight excluding hydrogens is 204 g/mol. The van der Waals surface area contributed by atoms with E-state index >= 15 is 0 Å². The average molecular weight is 210 g/mol. The van der Waals surface area contributed by atoms with E-state index in [1.54, 1.807) is 0 Å². The molecule has 0 amide bonds. The monoisotopic (exact) mass is 210 g/mol. The van der Waals surface area contributed by atoms with Crippen molar-refractivity contribution < 1.29 is 19.6 Å². The van der Waals surface area contributed by atoms with Crippen LogP contribution in [0.15, 0.2) is 18.3 Å². The fraction of sp³-hybridized carbons (Fsp3) is 0.125. The molecule has 0 bridgehead atoms. The fourth-order valence-electron chi connectivity index (χ4n) is 0.869. The van der Waals surface area contributed by atoms with E-state index in [9.17, 15) is 19.7 Å². The third kappa shape index (κ3) is 2.83. The molecule has 0 fully saturated rings. The minimum Gasteiger partial charge on any atom is -0.475 e. The van der Waals surface area contributed by atoms with Gasteiger partial charge in [0.1, 0.15) is 6.20 Å². The third-order valence-corrected chi connectivity index (χ3v) is 1.60. The van der Waals surface area contributed by atoms with Crippen LogP contribution < -0.4 is 0 Å². The Morgan fingerprint density at radius 3 is 2.53 bits per heavy atom. The van der Waals surface area contributed by atoms with E-state index in [0.29, 0.717) is 0 Å². The van der Waals surface area contributed by atoms with Gasteiger partial charge in [0.05, 0.1) is 11.3 Å². The van der Waals surface area contributed by atoms with E-state index in [1.165, 1.54) is 6.07 Å². The highest BCUT2D eigenvalue weighted by Gasteiger charge is 2.13. The Bertz CT molecular complexity index is 412. The minimum atomic E-state index is -1.55. The number of nitro groups is 1. The molecule has 1 aromatic rings. The van der Waals surface area contributed by atoms with Gasteiger partial charge in [0.2, 0.25) is 5.78 Å². The van der Waals surface area contributed by atoms with Crippen molar-refractivity contribution in [3.8, 4) is 0 Å². The number of aromatic nitrogens is 1. The number of aliphatic carboxylic acids is 1. The normalized spacial score (nSPS) is 9.60. The van der Waals surface area contributed by atoms with Crippen molar-refractivity contribution in [2.24, 2.45) is 0 Å². The van der Waals surface area contributed by atoms with Gasteiger partial charge in [0.15, 0.2) is 0 Å². The highest BCUT2D eigenvalue weighted by Crippen LogP contribution is 2.09. The van der Waals surface area contributed by atoms with Crippen LogP contribution in [0.25, 0.3) is 0 Å². The Hall–Kier alpha value is -2.31. The molecule has 7 heteroatoms. The predicted octanol–water partition coefficient (Wildman–Crippen LogP) is 0.186. The maximum atomic E-state index is 10.8. The van der Waals surface area contributed by atoms with Gasteiger partial charge in [0, 0.05) is 11.8 Å². The summed E-state index contributed by atoms with van der Waals surface area (Å²) in [5.41, 5.74) is -0.0190. The molecular formula is C8H6N2O5. The summed E-state index contributed by atoms with van der Waals surface area (Å²) in [5.74, 6) is -2.55.